The second-order valence-electron chi connectivity index (χ2n) is 3.05. The summed E-state index contributed by atoms with van der Waals surface area (Å²) in [6.45, 7) is 2.86. The molecular weight excluding hydrogens is 357 g/mol. The summed E-state index contributed by atoms with van der Waals surface area (Å²) < 4.78 is 7.47. The van der Waals surface area contributed by atoms with Crippen molar-refractivity contribution in [3.05, 3.63) is 26.2 Å². The fourth-order valence-corrected chi connectivity index (χ4v) is 1.86. The van der Waals surface area contributed by atoms with Crippen LogP contribution in [0.5, 0.6) is 0 Å². The Morgan fingerprint density at radius 3 is 2.93 bits per heavy atom. The number of methoxy groups -OCH3 is 1. The van der Waals surface area contributed by atoms with E-state index in [1.807, 2.05) is 13.0 Å². The van der Waals surface area contributed by atoms with Crippen molar-refractivity contribution in [3.63, 3.8) is 0 Å². The largest absolute Gasteiger partial charge is 0.382 e. The minimum Gasteiger partial charge on any atom is -0.382 e. The van der Waals surface area contributed by atoms with Crippen molar-refractivity contribution in [1.29, 1.82) is 0 Å². The van der Waals surface area contributed by atoms with Crippen LogP contribution in [0.3, 0.4) is 0 Å². The zero-order chi connectivity index (χ0) is 10.6. The number of hydrogen-bond donors (Lipinski definition) is 1. The molecule has 0 aliphatic carbocycles. The predicted molar refractivity (Wildman–Crippen MR) is 71.8 cm³/mol. The average Bonchev–Trinajstić information content (AvgIpc) is 2.19. The average molecular weight is 370 g/mol. The SMILES string of the molecule is COC(C)CNc1cc(Br)ccc1I. The number of halogens is 2. The van der Waals surface area contributed by atoms with Crippen molar-refractivity contribution in [3.8, 4) is 0 Å². The molecule has 0 fully saturated rings. The third-order valence-electron chi connectivity index (χ3n) is 1.91. The van der Waals surface area contributed by atoms with Crippen LogP contribution in [0.4, 0.5) is 5.69 Å². The maximum atomic E-state index is 5.17. The van der Waals surface area contributed by atoms with Crippen LogP contribution >= 0.6 is 38.5 Å². The Kier molecular flexibility index (Phi) is 5.19. The molecule has 1 unspecified atom stereocenters. The van der Waals surface area contributed by atoms with Crippen molar-refractivity contribution in [2.75, 3.05) is 19.0 Å². The molecule has 0 radical (unpaired) electrons. The summed E-state index contributed by atoms with van der Waals surface area (Å²) >= 11 is 5.76. The summed E-state index contributed by atoms with van der Waals surface area (Å²) in [6, 6.07) is 6.18. The van der Waals surface area contributed by atoms with E-state index >= 15 is 0 Å². The van der Waals surface area contributed by atoms with Crippen LogP contribution in [-0.4, -0.2) is 19.8 Å². The van der Waals surface area contributed by atoms with Crippen molar-refractivity contribution < 1.29 is 4.74 Å². The number of nitrogens with one attached hydrogen (secondary N) is 1. The number of hydrogen-bond acceptors (Lipinski definition) is 2. The summed E-state index contributed by atoms with van der Waals surface area (Å²) in [5.74, 6) is 0. The van der Waals surface area contributed by atoms with Gasteiger partial charge in [0, 0.05) is 27.4 Å². The van der Waals surface area contributed by atoms with Gasteiger partial charge >= 0.3 is 0 Å². The topological polar surface area (TPSA) is 21.3 Å². The highest BCUT2D eigenvalue weighted by Crippen LogP contribution is 2.22. The Morgan fingerprint density at radius 2 is 2.29 bits per heavy atom. The van der Waals surface area contributed by atoms with Gasteiger partial charge in [-0.15, -0.1) is 0 Å². The molecule has 1 rings (SSSR count). The fraction of sp³-hybridized carbons (Fsp3) is 0.400. The van der Waals surface area contributed by atoms with Crippen molar-refractivity contribution in [1.82, 2.24) is 0 Å². The number of anilines is 1. The van der Waals surface area contributed by atoms with Gasteiger partial charge in [-0.25, -0.2) is 0 Å². The lowest BCUT2D eigenvalue weighted by Gasteiger charge is -2.13. The first-order valence-corrected chi connectivity index (χ1v) is 6.22. The monoisotopic (exact) mass is 369 g/mol. The van der Waals surface area contributed by atoms with E-state index in [-0.39, 0.29) is 6.10 Å². The molecule has 2 nitrogen and oxygen atoms in total. The first kappa shape index (κ1) is 12.3. The third kappa shape index (κ3) is 3.74. The summed E-state index contributed by atoms with van der Waals surface area (Å²) in [4.78, 5) is 0. The summed E-state index contributed by atoms with van der Waals surface area (Å²) in [5.41, 5.74) is 1.14. The second-order valence-corrected chi connectivity index (χ2v) is 5.13. The molecule has 0 amide bonds. The van der Waals surface area contributed by atoms with Gasteiger partial charge < -0.3 is 10.1 Å². The zero-order valence-corrected chi connectivity index (χ0v) is 11.9. The molecule has 1 aromatic rings. The summed E-state index contributed by atoms with van der Waals surface area (Å²) in [7, 11) is 1.72. The van der Waals surface area contributed by atoms with Crippen LogP contribution < -0.4 is 5.32 Å². The van der Waals surface area contributed by atoms with E-state index in [9.17, 15) is 0 Å². The van der Waals surface area contributed by atoms with Crippen molar-refractivity contribution >= 4 is 44.2 Å². The standard InChI is InChI=1S/C10H13BrINO/c1-7(14-2)6-13-10-5-8(11)3-4-9(10)12/h3-5,7,13H,6H2,1-2H3. The van der Waals surface area contributed by atoms with Crippen LogP contribution in [0.2, 0.25) is 0 Å². The molecule has 0 bridgehead atoms. The molecule has 0 heterocycles. The van der Waals surface area contributed by atoms with Crippen molar-refractivity contribution in [2.45, 2.75) is 13.0 Å². The molecule has 1 aromatic carbocycles. The molecule has 0 saturated carbocycles. The van der Waals surface area contributed by atoms with Crippen LogP contribution in [0, 0.1) is 3.57 Å². The van der Waals surface area contributed by atoms with Gasteiger partial charge in [-0.3, -0.25) is 0 Å². The Balaban J connectivity index is 2.62. The lowest BCUT2D eigenvalue weighted by molar-refractivity contribution is 0.129. The summed E-state index contributed by atoms with van der Waals surface area (Å²) in [5, 5.41) is 3.34. The maximum Gasteiger partial charge on any atom is 0.0715 e. The molecule has 0 aliphatic rings. The summed E-state index contributed by atoms with van der Waals surface area (Å²) in [6.07, 6.45) is 0.227. The van der Waals surface area contributed by atoms with Crippen LogP contribution in [0.1, 0.15) is 6.92 Å². The molecule has 0 aliphatic heterocycles. The van der Waals surface area contributed by atoms with Gasteiger partial charge in [0.15, 0.2) is 0 Å². The number of rotatable bonds is 4. The van der Waals surface area contributed by atoms with E-state index in [2.05, 4.69) is 56.0 Å². The first-order valence-electron chi connectivity index (χ1n) is 4.35. The molecule has 78 valence electrons. The molecule has 0 aromatic heterocycles. The van der Waals surface area contributed by atoms with E-state index in [4.69, 9.17) is 4.74 Å². The fourth-order valence-electron chi connectivity index (χ4n) is 0.970. The van der Waals surface area contributed by atoms with Crippen LogP contribution in [0.25, 0.3) is 0 Å². The zero-order valence-electron chi connectivity index (χ0n) is 8.18. The molecule has 4 heteroatoms. The quantitative estimate of drug-likeness (QED) is 0.820. The van der Waals surface area contributed by atoms with E-state index in [0.717, 1.165) is 16.7 Å². The van der Waals surface area contributed by atoms with E-state index < -0.39 is 0 Å². The van der Waals surface area contributed by atoms with Gasteiger partial charge in [-0.1, -0.05) is 15.9 Å². The highest BCUT2D eigenvalue weighted by Gasteiger charge is 2.02. The minimum absolute atomic E-state index is 0.227. The Morgan fingerprint density at radius 1 is 1.57 bits per heavy atom. The highest BCUT2D eigenvalue weighted by atomic mass is 127. The van der Waals surface area contributed by atoms with Gasteiger partial charge in [-0.2, -0.15) is 0 Å². The van der Waals surface area contributed by atoms with Crippen molar-refractivity contribution in [2.24, 2.45) is 0 Å². The van der Waals surface area contributed by atoms with Crippen LogP contribution in [0.15, 0.2) is 22.7 Å². The smallest absolute Gasteiger partial charge is 0.0715 e. The van der Waals surface area contributed by atoms with Gasteiger partial charge in [0.25, 0.3) is 0 Å². The Labute approximate surface area is 107 Å². The maximum absolute atomic E-state index is 5.17. The predicted octanol–water partition coefficient (Wildman–Crippen LogP) is 3.50. The number of benzene rings is 1. The van der Waals surface area contributed by atoms with Gasteiger partial charge in [0.1, 0.15) is 0 Å². The number of ether oxygens (including phenoxy) is 1. The lowest BCUT2D eigenvalue weighted by atomic mass is 10.3. The molecule has 1 atom stereocenters. The minimum atomic E-state index is 0.227. The molecule has 0 saturated heterocycles. The molecule has 14 heavy (non-hydrogen) atoms. The van der Waals surface area contributed by atoms with E-state index in [1.165, 1.54) is 3.57 Å². The molecular formula is C10H13BrINO. The third-order valence-corrected chi connectivity index (χ3v) is 3.34. The van der Waals surface area contributed by atoms with E-state index in [1.54, 1.807) is 7.11 Å². The lowest BCUT2D eigenvalue weighted by Crippen LogP contribution is -2.18. The van der Waals surface area contributed by atoms with Gasteiger partial charge in [0.2, 0.25) is 0 Å². The first-order chi connectivity index (χ1) is 6.63. The highest BCUT2D eigenvalue weighted by molar-refractivity contribution is 14.1. The van der Waals surface area contributed by atoms with Gasteiger partial charge in [-0.05, 0) is 47.7 Å². The Hall–Kier alpha value is 0.190. The van der Waals surface area contributed by atoms with E-state index in [0.29, 0.717) is 0 Å². The molecule has 0 spiro atoms. The van der Waals surface area contributed by atoms with Gasteiger partial charge in [0.05, 0.1) is 6.10 Å². The molecule has 1 N–H and O–H groups in total. The second kappa shape index (κ2) is 5.92. The Bertz CT molecular complexity index is 306. The van der Waals surface area contributed by atoms with Crippen LogP contribution in [-0.2, 0) is 4.74 Å². The normalized spacial score (nSPS) is 12.6.